The van der Waals surface area contributed by atoms with E-state index in [1.807, 2.05) is 24.3 Å². The number of aliphatic hydroxyl groups is 1. The molecule has 3 aromatic rings. The van der Waals surface area contributed by atoms with Crippen LogP contribution in [0.2, 0.25) is 18.6 Å². The molecule has 48 heavy (non-hydrogen) atoms. The molecule has 1 N–H and O–H groups in total. The third kappa shape index (κ3) is 5.69. The maximum atomic E-state index is 16.3. The van der Waals surface area contributed by atoms with Crippen molar-refractivity contribution >= 4 is 49.4 Å². The second-order valence-corrected chi connectivity index (χ2v) is 17.2. The molecule has 0 radical (unpaired) electrons. The second-order valence-electron chi connectivity index (χ2n) is 13.4. The van der Waals surface area contributed by atoms with Gasteiger partial charge in [-0.1, -0.05) is 37.3 Å². The van der Waals surface area contributed by atoms with Crippen molar-refractivity contribution in [3.8, 4) is 0 Å². The van der Waals surface area contributed by atoms with E-state index >= 15 is 4.11 Å². The number of non-ortho nitro benzene ring substituents is 1. The van der Waals surface area contributed by atoms with Crippen molar-refractivity contribution < 1.29 is 33.3 Å². The van der Waals surface area contributed by atoms with E-state index in [4.69, 9.17) is 4.74 Å². The molecule has 3 aromatic carbocycles. The predicted molar refractivity (Wildman–Crippen MR) is 180 cm³/mol. The molecule has 3 aliphatic heterocycles. The van der Waals surface area contributed by atoms with Crippen LogP contribution in [-0.2, 0) is 31.3 Å². The fraction of sp³-hybridized carbons (Fsp3) is 0.400. The van der Waals surface area contributed by atoms with Gasteiger partial charge in [0.05, 0.1) is 42.3 Å². The van der Waals surface area contributed by atoms with Crippen molar-refractivity contribution in [3.05, 3.63) is 94.0 Å². The van der Waals surface area contributed by atoms with E-state index in [1.54, 1.807) is 42.2 Å². The molecule has 1 spiro atoms. The van der Waals surface area contributed by atoms with Gasteiger partial charge >= 0.3 is 0 Å². The van der Waals surface area contributed by atoms with Crippen molar-refractivity contribution in [1.29, 1.82) is 0 Å². The molecule has 2 saturated heterocycles. The van der Waals surface area contributed by atoms with Crippen LogP contribution in [0.4, 0.5) is 26.9 Å². The molecule has 6 rings (SSSR count). The zero-order valence-electron chi connectivity index (χ0n) is 27.1. The van der Waals surface area contributed by atoms with Gasteiger partial charge in [0.25, 0.3) is 11.6 Å². The van der Waals surface area contributed by atoms with E-state index < -0.39 is 42.4 Å². The number of carbonyl (C=O) groups excluding carboxylic acids is 3. The third-order valence-corrected chi connectivity index (χ3v) is 12.6. The topological polar surface area (TPSA) is 134 Å². The van der Waals surface area contributed by atoms with Crippen LogP contribution in [0.15, 0.2) is 72.8 Å². The van der Waals surface area contributed by atoms with E-state index in [1.165, 1.54) is 41.1 Å². The highest BCUT2D eigenvalue weighted by Crippen LogP contribution is 2.60. The normalized spacial score (nSPS) is 25.1. The number of ether oxygens (including phenoxy) is 1. The van der Waals surface area contributed by atoms with Gasteiger partial charge in [0.15, 0.2) is 5.60 Å². The number of nitro benzene ring substituents is 1. The maximum absolute atomic E-state index is 16.3. The van der Waals surface area contributed by atoms with Crippen LogP contribution in [0, 0.1) is 16.0 Å². The van der Waals surface area contributed by atoms with Crippen molar-refractivity contribution in [2.75, 3.05) is 23.0 Å². The minimum absolute atomic E-state index is 0.0491. The number of halogens is 1. The first kappa shape index (κ1) is 33.4. The highest BCUT2D eigenvalue weighted by Gasteiger charge is 2.67. The van der Waals surface area contributed by atoms with Gasteiger partial charge in [-0.05, 0) is 61.8 Å². The highest BCUT2D eigenvalue weighted by molar-refractivity contribution is 6.72. The highest BCUT2D eigenvalue weighted by atomic mass is 28.4. The summed E-state index contributed by atoms with van der Waals surface area (Å²) in [7, 11) is -3.60. The lowest BCUT2D eigenvalue weighted by Gasteiger charge is -2.31. The van der Waals surface area contributed by atoms with Crippen LogP contribution in [-0.4, -0.2) is 66.9 Å². The summed E-state index contributed by atoms with van der Waals surface area (Å²) in [5.41, 5.74) is -0.164. The average Bonchev–Trinajstić information content (AvgIpc) is 3.72. The first-order valence-corrected chi connectivity index (χ1v) is 19.1. The number of rotatable bonds is 10. The summed E-state index contributed by atoms with van der Waals surface area (Å²) in [6, 6.07) is 20.1. The second kappa shape index (κ2) is 12.9. The zero-order chi connectivity index (χ0) is 34.4. The van der Waals surface area contributed by atoms with Crippen LogP contribution >= 0.6 is 0 Å². The number of anilines is 3. The Labute approximate surface area is 279 Å². The van der Waals surface area contributed by atoms with E-state index in [0.29, 0.717) is 42.0 Å². The first-order valence-electron chi connectivity index (χ1n) is 16.2. The van der Waals surface area contributed by atoms with Crippen LogP contribution in [0.3, 0.4) is 0 Å². The van der Waals surface area contributed by atoms with Crippen molar-refractivity contribution in [2.24, 2.45) is 5.92 Å². The summed E-state index contributed by atoms with van der Waals surface area (Å²) in [5.74, 6) is -1.51. The fourth-order valence-corrected chi connectivity index (χ4v) is 10.5. The molecule has 5 atom stereocenters. The largest absolute Gasteiger partial charge is 0.394 e. The monoisotopic (exact) mass is 674 g/mol. The Kier molecular flexibility index (Phi) is 8.96. The van der Waals surface area contributed by atoms with Gasteiger partial charge in [-0.2, -0.15) is 0 Å². The minimum Gasteiger partial charge on any atom is -0.394 e. The van der Waals surface area contributed by atoms with E-state index in [9.17, 15) is 29.6 Å². The number of fused-ring (bicyclic) bond motifs is 2. The Morgan fingerprint density at radius 1 is 1.15 bits per heavy atom. The Morgan fingerprint density at radius 2 is 1.88 bits per heavy atom. The molecule has 3 amide bonds. The Balaban J connectivity index is 1.39. The quantitative estimate of drug-likeness (QED) is 0.0976. The maximum Gasteiger partial charge on any atom is 0.269 e. The number of para-hydroxylation sites is 1. The molecule has 3 heterocycles. The van der Waals surface area contributed by atoms with Crippen LogP contribution in [0.1, 0.15) is 37.3 Å². The molecule has 0 saturated carbocycles. The Hall–Kier alpha value is -4.46. The molecule has 0 unspecified atom stereocenters. The molecule has 0 bridgehead atoms. The zero-order valence-corrected chi connectivity index (χ0v) is 28.1. The van der Waals surface area contributed by atoms with E-state index in [2.05, 4.69) is 0 Å². The fourth-order valence-electron chi connectivity index (χ4n) is 8.00. The SMILES string of the molecule is C[C@@H]1[C@@H]([Si](C)(C)F)[C@H](CC(=O)N2CCC[C@H]2CO)O[C@@]12C(=O)N(Cc1cccc(N(C=O)c3ccccc3)c1)c1ccc([N+](=O)[O-])cc12. The number of likely N-dealkylation sites (tertiary alicyclic amines) is 1. The molecule has 0 aromatic heterocycles. The number of benzene rings is 3. The summed E-state index contributed by atoms with van der Waals surface area (Å²) in [5, 5.41) is 21.8. The van der Waals surface area contributed by atoms with E-state index in [0.717, 1.165) is 6.42 Å². The average molecular weight is 675 g/mol. The summed E-state index contributed by atoms with van der Waals surface area (Å²) in [6.07, 6.45) is 1.00. The lowest BCUT2D eigenvalue weighted by Crippen LogP contribution is -2.45. The van der Waals surface area contributed by atoms with Gasteiger partial charge in [0, 0.05) is 47.1 Å². The van der Waals surface area contributed by atoms with Gasteiger partial charge < -0.3 is 23.8 Å². The molecule has 0 aliphatic carbocycles. The molecular formula is C35H39FN4O7Si. The summed E-state index contributed by atoms with van der Waals surface area (Å²) in [6.45, 7) is 5.15. The Bertz CT molecular complexity index is 1740. The Morgan fingerprint density at radius 3 is 2.54 bits per heavy atom. The van der Waals surface area contributed by atoms with Crippen molar-refractivity contribution in [3.63, 3.8) is 0 Å². The summed E-state index contributed by atoms with van der Waals surface area (Å²) < 4.78 is 22.9. The summed E-state index contributed by atoms with van der Waals surface area (Å²) in [4.78, 5) is 56.4. The van der Waals surface area contributed by atoms with Crippen molar-refractivity contribution in [1.82, 2.24) is 4.90 Å². The number of nitrogens with zero attached hydrogens (tertiary/aromatic N) is 4. The van der Waals surface area contributed by atoms with Crippen LogP contribution in [0.25, 0.3) is 0 Å². The van der Waals surface area contributed by atoms with Gasteiger partial charge in [-0.25, -0.2) is 0 Å². The number of amides is 3. The van der Waals surface area contributed by atoms with Crippen LogP contribution in [0.5, 0.6) is 0 Å². The van der Waals surface area contributed by atoms with Crippen molar-refractivity contribution in [2.45, 2.75) is 69.1 Å². The number of hydrogen-bond donors (Lipinski definition) is 1. The molecule has 13 heteroatoms. The lowest BCUT2D eigenvalue weighted by molar-refractivity contribution is -0.385. The first-order chi connectivity index (χ1) is 22.9. The van der Waals surface area contributed by atoms with Gasteiger partial charge in [-0.15, -0.1) is 0 Å². The molecular weight excluding hydrogens is 635 g/mol. The van der Waals surface area contributed by atoms with Gasteiger partial charge in [0.1, 0.15) is 0 Å². The molecule has 2 fully saturated rings. The predicted octanol–water partition coefficient (Wildman–Crippen LogP) is 5.58. The number of hydrogen-bond acceptors (Lipinski definition) is 7. The standard InChI is InChI=1S/C35H39FN4O7Si/c1-23-33(48(2,3)36)31(19-32(43)37-16-8-13-28(37)21-41)47-35(23)29-18-27(40(45)46)14-15-30(29)38(34(35)44)20-24-9-7-12-26(17-24)39(22-42)25-10-5-4-6-11-25/h4-7,9-12,14-15,17-18,22-23,28,31,33,41H,8,13,16,19-21H2,1-3H3/t23-,28+,31+,33-,35+/m1/s1. The van der Waals surface area contributed by atoms with Crippen LogP contribution < -0.4 is 9.80 Å². The number of carbonyl (C=O) groups is 3. The number of nitro groups is 1. The van der Waals surface area contributed by atoms with Gasteiger partial charge in [0.2, 0.25) is 20.7 Å². The van der Waals surface area contributed by atoms with E-state index in [-0.39, 0.29) is 42.8 Å². The minimum atomic E-state index is -3.60. The summed E-state index contributed by atoms with van der Waals surface area (Å²) >= 11 is 0. The lowest BCUT2D eigenvalue weighted by atomic mass is 9.82. The molecule has 252 valence electrons. The molecule has 11 nitrogen and oxygen atoms in total. The van der Waals surface area contributed by atoms with Gasteiger partial charge in [-0.3, -0.25) is 29.4 Å². The smallest absolute Gasteiger partial charge is 0.269 e. The number of aliphatic hydroxyl groups excluding tert-OH is 1. The molecule has 3 aliphatic rings. The third-order valence-electron chi connectivity index (χ3n) is 10.1.